The van der Waals surface area contributed by atoms with E-state index in [1.54, 1.807) is 12.2 Å². The molecule has 64 valence electrons. The summed E-state index contributed by atoms with van der Waals surface area (Å²) in [6, 6.07) is 3.74. The van der Waals surface area contributed by atoms with E-state index in [-0.39, 0.29) is 0 Å². The number of rotatable bonds is 4. The van der Waals surface area contributed by atoms with Crippen molar-refractivity contribution in [2.75, 3.05) is 13.1 Å². The minimum Gasteiger partial charge on any atom is -0.242 e. The maximum absolute atomic E-state index is 6.24. The minimum absolute atomic E-state index is 0.503. The van der Waals surface area contributed by atoms with Crippen LogP contribution in [0.3, 0.4) is 0 Å². The smallest absolute Gasteiger partial charge is 0.0865 e. The molecule has 0 aromatic heterocycles. The lowest BCUT2D eigenvalue weighted by molar-refractivity contribution is 1.25. The lowest BCUT2D eigenvalue weighted by atomic mass is 10.7. The fraction of sp³-hybridized carbons (Fsp3) is 0.250. The summed E-state index contributed by atoms with van der Waals surface area (Å²) in [4.78, 5) is 6.78. The van der Waals surface area contributed by atoms with Crippen LogP contribution in [0.25, 0.3) is 0 Å². The average molecular weight is 164 g/mol. The van der Waals surface area contributed by atoms with Crippen LogP contribution < -0.4 is 0 Å². The van der Waals surface area contributed by atoms with Gasteiger partial charge in [0, 0.05) is 0 Å². The summed E-state index contributed by atoms with van der Waals surface area (Å²) in [6.45, 7) is 7.77. The van der Waals surface area contributed by atoms with Gasteiger partial charge in [-0.2, -0.15) is 0 Å². The van der Waals surface area contributed by atoms with Gasteiger partial charge in [-0.25, -0.2) is 20.8 Å². The quantitative estimate of drug-likeness (QED) is 0.470. The van der Waals surface area contributed by atoms with Crippen LogP contribution in [0.4, 0.5) is 0 Å². The molecule has 0 amide bonds. The van der Waals surface area contributed by atoms with Gasteiger partial charge < -0.3 is 0 Å². The number of aliphatic imine (C=N–C) groups is 2. The van der Waals surface area contributed by atoms with Gasteiger partial charge in [-0.3, -0.25) is 0 Å². The Morgan fingerprint density at radius 1 is 1.00 bits per heavy atom. The standard InChI is InChI=1S/2C4H6N2/c2*1-2-3-6-4-5/h2*2,5H,1,3H2. The summed E-state index contributed by atoms with van der Waals surface area (Å²) in [6.07, 6.45) is 3.23. The van der Waals surface area contributed by atoms with Crippen LogP contribution in [0.1, 0.15) is 0 Å². The SMILES string of the molecule is C=CCN=C=N.C=CCN=C=N. The Labute approximate surface area is 72.1 Å². The van der Waals surface area contributed by atoms with Crippen molar-refractivity contribution < 1.29 is 0 Å². The van der Waals surface area contributed by atoms with E-state index < -0.39 is 0 Å². The van der Waals surface area contributed by atoms with Crippen molar-refractivity contribution in [2.45, 2.75) is 0 Å². The van der Waals surface area contributed by atoms with Gasteiger partial charge in [-0.15, -0.1) is 13.2 Å². The second-order valence-electron chi connectivity index (χ2n) is 1.48. The molecule has 0 atom stereocenters. The van der Waals surface area contributed by atoms with Gasteiger partial charge in [0.2, 0.25) is 0 Å². The van der Waals surface area contributed by atoms with E-state index in [0.29, 0.717) is 13.1 Å². The first-order valence-electron chi connectivity index (χ1n) is 3.21. The second-order valence-corrected chi connectivity index (χ2v) is 1.48. The first-order valence-corrected chi connectivity index (χ1v) is 3.21. The second kappa shape index (κ2) is 16.1. The van der Waals surface area contributed by atoms with Crippen molar-refractivity contribution >= 4 is 12.0 Å². The molecule has 0 aliphatic rings. The van der Waals surface area contributed by atoms with E-state index in [1.165, 1.54) is 0 Å². The van der Waals surface area contributed by atoms with Crippen molar-refractivity contribution in [1.82, 2.24) is 0 Å². The zero-order chi connectivity index (χ0) is 9.66. The van der Waals surface area contributed by atoms with Crippen LogP contribution in [0.5, 0.6) is 0 Å². The fourth-order valence-corrected chi connectivity index (χ4v) is 0.220. The maximum atomic E-state index is 6.24. The summed E-state index contributed by atoms with van der Waals surface area (Å²) in [5.41, 5.74) is 0. The van der Waals surface area contributed by atoms with Crippen molar-refractivity contribution in [3.8, 4) is 0 Å². The normalized spacial score (nSPS) is 6.00. The van der Waals surface area contributed by atoms with Crippen LogP contribution in [0.15, 0.2) is 35.3 Å². The topological polar surface area (TPSA) is 72.4 Å². The third kappa shape index (κ3) is 24.0. The Bertz CT molecular complexity index is 183. The molecule has 0 fully saturated rings. The molecular formula is C8H12N4. The highest BCUT2D eigenvalue weighted by molar-refractivity contribution is 5.36. The number of hydrogen-bond donors (Lipinski definition) is 2. The van der Waals surface area contributed by atoms with Crippen LogP contribution >= 0.6 is 0 Å². The molecule has 0 aromatic carbocycles. The Hall–Kier alpha value is -1.76. The zero-order valence-corrected chi connectivity index (χ0v) is 6.88. The molecule has 0 bridgehead atoms. The lowest BCUT2D eigenvalue weighted by Gasteiger charge is -1.65. The predicted octanol–water partition coefficient (Wildman–Crippen LogP) is 1.85. The Kier molecular flexibility index (Phi) is 17.3. The van der Waals surface area contributed by atoms with Gasteiger partial charge in [-0.1, -0.05) is 12.2 Å². The maximum Gasteiger partial charge on any atom is 0.0865 e. The van der Waals surface area contributed by atoms with E-state index in [9.17, 15) is 0 Å². The van der Waals surface area contributed by atoms with E-state index >= 15 is 0 Å². The van der Waals surface area contributed by atoms with Crippen molar-refractivity contribution in [2.24, 2.45) is 9.98 Å². The summed E-state index contributed by atoms with van der Waals surface area (Å²) in [7, 11) is 0. The fourth-order valence-electron chi connectivity index (χ4n) is 0.220. The Balaban J connectivity index is 0. The highest BCUT2D eigenvalue weighted by Crippen LogP contribution is 1.61. The predicted molar refractivity (Wildman–Crippen MR) is 50.4 cm³/mol. The highest BCUT2D eigenvalue weighted by atomic mass is 14.7. The van der Waals surface area contributed by atoms with Gasteiger partial charge in [-0.05, 0) is 0 Å². The molecule has 0 saturated carbocycles. The first kappa shape index (κ1) is 12.9. The molecule has 0 aliphatic carbocycles. The number of nitrogens with one attached hydrogen (secondary N) is 2. The monoisotopic (exact) mass is 164 g/mol. The average Bonchev–Trinajstić information content (AvgIpc) is 2.12. The molecule has 0 spiro atoms. The minimum atomic E-state index is 0.503. The van der Waals surface area contributed by atoms with Gasteiger partial charge in [0.05, 0.1) is 25.1 Å². The zero-order valence-electron chi connectivity index (χ0n) is 6.88. The van der Waals surface area contributed by atoms with Gasteiger partial charge in [0.1, 0.15) is 0 Å². The molecule has 4 nitrogen and oxygen atoms in total. The van der Waals surface area contributed by atoms with E-state index in [2.05, 4.69) is 23.1 Å². The van der Waals surface area contributed by atoms with Crippen LogP contribution in [-0.4, -0.2) is 25.1 Å². The lowest BCUT2D eigenvalue weighted by Crippen LogP contribution is -1.62. The summed E-state index contributed by atoms with van der Waals surface area (Å²) in [5.74, 6) is 0. The molecule has 4 heteroatoms. The molecule has 0 heterocycles. The molecule has 0 aliphatic heterocycles. The Morgan fingerprint density at radius 3 is 1.42 bits per heavy atom. The molecule has 2 N–H and O–H groups in total. The highest BCUT2D eigenvalue weighted by Gasteiger charge is 1.56. The molecule has 0 rings (SSSR count). The van der Waals surface area contributed by atoms with Crippen LogP contribution in [-0.2, 0) is 0 Å². The van der Waals surface area contributed by atoms with Crippen molar-refractivity contribution in [3.63, 3.8) is 0 Å². The van der Waals surface area contributed by atoms with E-state index in [4.69, 9.17) is 10.8 Å². The number of hydrogen-bond acceptors (Lipinski definition) is 4. The molecular weight excluding hydrogens is 152 g/mol. The van der Waals surface area contributed by atoms with Crippen LogP contribution in [0.2, 0.25) is 0 Å². The molecule has 0 unspecified atom stereocenters. The first-order chi connectivity index (χ1) is 5.83. The number of nitrogens with zero attached hydrogens (tertiary/aromatic N) is 2. The largest absolute Gasteiger partial charge is 0.242 e. The van der Waals surface area contributed by atoms with Crippen LogP contribution in [0, 0.1) is 10.8 Å². The van der Waals surface area contributed by atoms with Gasteiger partial charge >= 0.3 is 0 Å². The third-order valence-corrected chi connectivity index (χ3v) is 0.599. The summed E-state index contributed by atoms with van der Waals surface area (Å²) < 4.78 is 0. The van der Waals surface area contributed by atoms with E-state index in [1.807, 2.05) is 12.0 Å². The van der Waals surface area contributed by atoms with Crippen molar-refractivity contribution in [1.29, 1.82) is 10.8 Å². The van der Waals surface area contributed by atoms with E-state index in [0.717, 1.165) is 0 Å². The molecule has 0 radical (unpaired) electrons. The Morgan fingerprint density at radius 2 is 1.33 bits per heavy atom. The van der Waals surface area contributed by atoms with Crippen molar-refractivity contribution in [3.05, 3.63) is 25.3 Å². The molecule has 0 saturated heterocycles. The summed E-state index contributed by atoms with van der Waals surface area (Å²) >= 11 is 0. The molecule has 0 aromatic rings. The van der Waals surface area contributed by atoms with Gasteiger partial charge in [0.25, 0.3) is 0 Å². The molecule has 12 heavy (non-hydrogen) atoms. The third-order valence-electron chi connectivity index (χ3n) is 0.599. The van der Waals surface area contributed by atoms with Gasteiger partial charge in [0.15, 0.2) is 0 Å². The summed E-state index contributed by atoms with van der Waals surface area (Å²) in [5, 5.41) is 12.5.